The first-order chi connectivity index (χ1) is 14.0. The number of amides is 2. The molecule has 0 saturated carbocycles. The summed E-state index contributed by atoms with van der Waals surface area (Å²) in [4.78, 5) is 23.9. The molecule has 0 saturated heterocycles. The molecule has 3 rings (SSSR count). The van der Waals surface area contributed by atoms with Gasteiger partial charge < -0.3 is 10.1 Å². The van der Waals surface area contributed by atoms with Gasteiger partial charge in [-0.05, 0) is 42.0 Å². The van der Waals surface area contributed by atoms with Crippen molar-refractivity contribution in [3.8, 4) is 11.5 Å². The number of anilines is 1. The normalized spacial score (nSPS) is 10.6. The molecule has 0 aromatic heterocycles. The van der Waals surface area contributed by atoms with E-state index in [1.165, 1.54) is 12.3 Å². The second kappa shape index (κ2) is 9.73. The molecule has 0 atom stereocenters. The van der Waals surface area contributed by atoms with Crippen LogP contribution in [0.1, 0.15) is 5.56 Å². The first-order valence-electron chi connectivity index (χ1n) is 8.44. The van der Waals surface area contributed by atoms with Gasteiger partial charge in [0.25, 0.3) is 0 Å². The third-order valence-corrected chi connectivity index (χ3v) is 4.44. The maximum Gasteiger partial charge on any atom is 0.329 e. The van der Waals surface area contributed by atoms with Crippen molar-refractivity contribution in [2.24, 2.45) is 5.10 Å². The van der Waals surface area contributed by atoms with E-state index in [1.807, 2.05) is 30.3 Å². The highest BCUT2D eigenvalue weighted by atomic mass is 35.5. The van der Waals surface area contributed by atoms with Crippen molar-refractivity contribution in [1.82, 2.24) is 5.43 Å². The molecule has 6 nitrogen and oxygen atoms in total. The van der Waals surface area contributed by atoms with Crippen LogP contribution in [0.25, 0.3) is 0 Å². The summed E-state index contributed by atoms with van der Waals surface area (Å²) in [5.74, 6) is -0.562. The van der Waals surface area contributed by atoms with E-state index < -0.39 is 11.8 Å². The summed E-state index contributed by atoms with van der Waals surface area (Å²) in [5, 5.41) is 6.58. The summed E-state index contributed by atoms with van der Waals surface area (Å²) >= 11 is 11.9. The number of rotatable bonds is 5. The minimum atomic E-state index is -0.950. The second-order valence-electron chi connectivity index (χ2n) is 5.74. The number of halogens is 2. The molecule has 0 spiro atoms. The molecular weight excluding hydrogens is 413 g/mol. The largest absolute Gasteiger partial charge is 0.457 e. The van der Waals surface area contributed by atoms with Crippen LogP contribution in [0.5, 0.6) is 11.5 Å². The van der Waals surface area contributed by atoms with E-state index in [0.717, 1.165) is 0 Å². The molecule has 0 heterocycles. The molecule has 0 radical (unpaired) electrons. The van der Waals surface area contributed by atoms with E-state index in [-0.39, 0.29) is 15.7 Å². The molecule has 0 aliphatic rings. The fourth-order valence-electron chi connectivity index (χ4n) is 2.28. The second-order valence-corrected chi connectivity index (χ2v) is 6.53. The van der Waals surface area contributed by atoms with Gasteiger partial charge >= 0.3 is 11.8 Å². The van der Waals surface area contributed by atoms with Gasteiger partial charge in [0.1, 0.15) is 11.5 Å². The van der Waals surface area contributed by atoms with Crippen LogP contribution < -0.4 is 15.5 Å². The lowest BCUT2D eigenvalue weighted by Gasteiger charge is -2.07. The van der Waals surface area contributed by atoms with Crippen LogP contribution in [0.3, 0.4) is 0 Å². The van der Waals surface area contributed by atoms with Crippen molar-refractivity contribution in [2.75, 3.05) is 5.32 Å². The van der Waals surface area contributed by atoms with Gasteiger partial charge in [-0.1, -0.05) is 59.6 Å². The topological polar surface area (TPSA) is 79.8 Å². The Bertz CT molecular complexity index is 1060. The quantitative estimate of drug-likeness (QED) is 0.346. The number of benzene rings is 3. The van der Waals surface area contributed by atoms with Gasteiger partial charge in [0.15, 0.2) is 0 Å². The highest BCUT2D eigenvalue weighted by molar-refractivity contribution is 6.45. The van der Waals surface area contributed by atoms with Gasteiger partial charge in [0.05, 0.1) is 21.9 Å². The number of hydrogen-bond acceptors (Lipinski definition) is 4. The highest BCUT2D eigenvalue weighted by Gasteiger charge is 2.15. The zero-order valence-corrected chi connectivity index (χ0v) is 16.4. The number of para-hydroxylation sites is 1. The number of hydrazone groups is 1. The summed E-state index contributed by atoms with van der Waals surface area (Å²) in [6.45, 7) is 0. The van der Waals surface area contributed by atoms with Gasteiger partial charge in [-0.2, -0.15) is 5.10 Å². The number of carbonyl (C=O) groups is 2. The third-order valence-electron chi connectivity index (χ3n) is 3.62. The maximum atomic E-state index is 12.0. The molecule has 29 heavy (non-hydrogen) atoms. The van der Waals surface area contributed by atoms with Gasteiger partial charge in [-0.25, -0.2) is 5.43 Å². The van der Waals surface area contributed by atoms with Crippen molar-refractivity contribution in [1.29, 1.82) is 0 Å². The fourth-order valence-corrected chi connectivity index (χ4v) is 2.63. The van der Waals surface area contributed by atoms with Crippen molar-refractivity contribution < 1.29 is 14.3 Å². The lowest BCUT2D eigenvalue weighted by atomic mass is 10.2. The molecule has 2 N–H and O–H groups in total. The van der Waals surface area contributed by atoms with Crippen LogP contribution in [-0.2, 0) is 9.59 Å². The number of nitrogens with one attached hydrogen (secondary N) is 2. The van der Waals surface area contributed by atoms with E-state index in [0.29, 0.717) is 17.1 Å². The van der Waals surface area contributed by atoms with Crippen LogP contribution in [0.4, 0.5) is 5.69 Å². The van der Waals surface area contributed by atoms with Crippen LogP contribution in [0.2, 0.25) is 10.0 Å². The van der Waals surface area contributed by atoms with Gasteiger partial charge in [-0.15, -0.1) is 0 Å². The minimum Gasteiger partial charge on any atom is -0.457 e. The molecule has 8 heteroatoms. The van der Waals surface area contributed by atoms with Crippen molar-refractivity contribution in [3.05, 3.63) is 88.4 Å². The van der Waals surface area contributed by atoms with E-state index in [2.05, 4.69) is 15.8 Å². The SMILES string of the molecule is O=C(N/N=C\c1cccc(Oc2ccccc2)c1)C(=O)Nc1cccc(Cl)c1Cl. The molecule has 0 aliphatic carbocycles. The zero-order valence-electron chi connectivity index (χ0n) is 14.9. The lowest BCUT2D eigenvalue weighted by molar-refractivity contribution is -0.136. The molecule has 2 amide bonds. The lowest BCUT2D eigenvalue weighted by Crippen LogP contribution is -2.32. The van der Waals surface area contributed by atoms with Crippen molar-refractivity contribution >= 4 is 46.9 Å². The summed E-state index contributed by atoms with van der Waals surface area (Å²) in [6.07, 6.45) is 1.40. The molecule has 0 aliphatic heterocycles. The van der Waals surface area contributed by atoms with Gasteiger partial charge in [0.2, 0.25) is 0 Å². The molecule has 3 aromatic rings. The molecule has 0 unspecified atom stereocenters. The Morgan fingerprint density at radius 2 is 1.59 bits per heavy atom. The molecule has 3 aromatic carbocycles. The van der Waals surface area contributed by atoms with Crippen LogP contribution in [-0.4, -0.2) is 18.0 Å². The van der Waals surface area contributed by atoms with E-state index in [9.17, 15) is 9.59 Å². The third kappa shape index (κ3) is 5.81. The van der Waals surface area contributed by atoms with E-state index >= 15 is 0 Å². The summed E-state index contributed by atoms with van der Waals surface area (Å²) in [5.41, 5.74) is 3.06. The minimum absolute atomic E-state index is 0.147. The Morgan fingerprint density at radius 1 is 0.862 bits per heavy atom. The average Bonchev–Trinajstić information content (AvgIpc) is 2.72. The van der Waals surface area contributed by atoms with Crippen LogP contribution in [0, 0.1) is 0 Å². The van der Waals surface area contributed by atoms with Crippen molar-refractivity contribution in [3.63, 3.8) is 0 Å². The Kier molecular flexibility index (Phi) is 6.84. The Hall–Kier alpha value is -3.35. The molecule has 0 bridgehead atoms. The highest BCUT2D eigenvalue weighted by Crippen LogP contribution is 2.29. The summed E-state index contributed by atoms with van der Waals surface area (Å²) in [6, 6.07) is 21.1. The monoisotopic (exact) mass is 427 g/mol. The molecular formula is C21H15Cl2N3O3. The molecule has 146 valence electrons. The van der Waals surface area contributed by atoms with Crippen LogP contribution in [0.15, 0.2) is 77.9 Å². The summed E-state index contributed by atoms with van der Waals surface area (Å²) < 4.78 is 5.74. The maximum absolute atomic E-state index is 12.0. The van der Waals surface area contributed by atoms with E-state index in [1.54, 1.807) is 36.4 Å². The van der Waals surface area contributed by atoms with Gasteiger partial charge in [-0.3, -0.25) is 9.59 Å². The molecule has 0 fully saturated rings. The Balaban J connectivity index is 1.57. The first kappa shape index (κ1) is 20.4. The van der Waals surface area contributed by atoms with E-state index in [4.69, 9.17) is 27.9 Å². The average molecular weight is 428 g/mol. The number of hydrogen-bond donors (Lipinski definition) is 2. The van der Waals surface area contributed by atoms with Crippen molar-refractivity contribution in [2.45, 2.75) is 0 Å². The number of ether oxygens (including phenoxy) is 1. The zero-order chi connectivity index (χ0) is 20.6. The standard InChI is InChI=1S/C21H15Cl2N3O3/c22-17-10-5-11-18(19(17)23)25-20(27)21(28)26-24-13-14-6-4-9-16(12-14)29-15-7-2-1-3-8-15/h1-13H,(H,25,27)(H,26,28)/b24-13-. The van der Waals surface area contributed by atoms with Crippen LogP contribution >= 0.6 is 23.2 Å². The summed E-state index contributed by atoms with van der Waals surface area (Å²) in [7, 11) is 0. The Morgan fingerprint density at radius 3 is 2.38 bits per heavy atom. The predicted molar refractivity (Wildman–Crippen MR) is 114 cm³/mol. The van der Waals surface area contributed by atoms with Gasteiger partial charge in [0, 0.05) is 0 Å². The smallest absolute Gasteiger partial charge is 0.329 e. The predicted octanol–water partition coefficient (Wildman–Crippen LogP) is 4.87. The Labute approximate surface area is 177 Å². The first-order valence-corrected chi connectivity index (χ1v) is 9.20. The number of nitrogens with zero attached hydrogens (tertiary/aromatic N) is 1. The fraction of sp³-hybridized carbons (Fsp3) is 0. The number of carbonyl (C=O) groups excluding carboxylic acids is 2.